The van der Waals surface area contributed by atoms with Crippen LogP contribution >= 0.6 is 0 Å². The fourth-order valence-electron chi connectivity index (χ4n) is 11.6. The number of piperidine rings is 1. The molecule has 5 atom stereocenters. The van der Waals surface area contributed by atoms with Gasteiger partial charge in [-0.25, -0.2) is 13.6 Å². The summed E-state index contributed by atoms with van der Waals surface area (Å²) in [7, 11) is 0. The topological polar surface area (TPSA) is 221 Å². The Morgan fingerprint density at radius 3 is 2.62 bits per heavy atom. The van der Waals surface area contributed by atoms with Gasteiger partial charge in [-0.1, -0.05) is 18.1 Å². The van der Waals surface area contributed by atoms with E-state index in [1.54, 1.807) is 12.1 Å². The summed E-state index contributed by atoms with van der Waals surface area (Å²) in [6, 6.07) is 9.60. The number of ether oxygens (including phenoxy) is 2. The number of rotatable bonds is 13. The van der Waals surface area contributed by atoms with E-state index in [0.717, 1.165) is 50.0 Å². The molecule has 6 aliphatic heterocycles. The maximum Gasteiger partial charge on any atom is 0.407 e. The van der Waals surface area contributed by atoms with Crippen molar-refractivity contribution in [1.29, 1.82) is 0 Å². The Morgan fingerprint density at radius 2 is 1.82 bits per heavy atom. The van der Waals surface area contributed by atoms with Gasteiger partial charge in [-0.3, -0.25) is 39.3 Å². The number of aromatic nitrogens is 3. The minimum Gasteiger partial charge on any atom is -0.508 e. The standard InChI is InChI=1S/C51H50F2N10O8/c1-2-32-36(52)11-8-27-20-31(64)21-34(40(27)32)43-42(53)44-35(22-56-43)45(61-23-28-9-10-29(24-61)57-28)60-49(59-44)71-26-51-15-4-19-62(51)30(14-16-51)25-70-50(69)55-18-5-17-54-37-7-3-6-33-41(37)48(68)63(47(33)67)38-12-13-39(65)58-46(38)66/h1,3,6-8,11,20-22,28-30,38,54,57,64H,4-5,9-10,12-19,23-26H2,(H,55,69)(H,58,65,66)/t28?,29?,30-,38?,51-/m0/s1. The van der Waals surface area contributed by atoms with Crippen LogP contribution in [0.3, 0.4) is 0 Å². The molecule has 18 nitrogen and oxygen atoms in total. The number of nitrogens with one attached hydrogen (secondary N) is 4. The van der Waals surface area contributed by atoms with Gasteiger partial charge in [0.15, 0.2) is 5.82 Å². The van der Waals surface area contributed by atoms with Gasteiger partial charge in [0.1, 0.15) is 47.9 Å². The van der Waals surface area contributed by atoms with E-state index < -0.39 is 52.9 Å². The molecule has 5 saturated heterocycles. The molecule has 2 bridgehead atoms. The number of fused-ring (bicyclic) bond motifs is 6. The molecule has 3 aromatic carbocycles. The van der Waals surface area contributed by atoms with Crippen molar-refractivity contribution >= 4 is 62.9 Å². The summed E-state index contributed by atoms with van der Waals surface area (Å²) in [6.07, 6.45) is 12.5. The van der Waals surface area contributed by atoms with Gasteiger partial charge in [-0.05, 0) is 93.6 Å². The van der Waals surface area contributed by atoms with Crippen LogP contribution in [-0.4, -0.2) is 135 Å². The fourth-order valence-corrected chi connectivity index (χ4v) is 11.6. The molecular formula is C51H50F2N10O8. The molecule has 366 valence electrons. The summed E-state index contributed by atoms with van der Waals surface area (Å²) in [5, 5.41) is 23.5. The highest BCUT2D eigenvalue weighted by atomic mass is 19.1. The molecule has 0 aliphatic carbocycles. The van der Waals surface area contributed by atoms with E-state index in [1.165, 1.54) is 36.5 Å². The van der Waals surface area contributed by atoms with Crippen LogP contribution in [0, 0.1) is 24.0 Å². The van der Waals surface area contributed by atoms with E-state index in [0.29, 0.717) is 48.3 Å². The van der Waals surface area contributed by atoms with Crippen molar-refractivity contribution in [1.82, 2.24) is 40.7 Å². The van der Waals surface area contributed by atoms with Crippen molar-refractivity contribution < 1.29 is 47.3 Å². The van der Waals surface area contributed by atoms with E-state index in [-0.39, 0.29) is 101 Å². The molecule has 8 heterocycles. The lowest BCUT2D eigenvalue weighted by molar-refractivity contribution is -0.136. The van der Waals surface area contributed by atoms with Crippen LogP contribution in [0.2, 0.25) is 0 Å². The van der Waals surface area contributed by atoms with Gasteiger partial charge in [-0.15, -0.1) is 6.42 Å². The van der Waals surface area contributed by atoms with Crippen molar-refractivity contribution in [3.63, 3.8) is 0 Å². The van der Waals surface area contributed by atoms with Gasteiger partial charge in [0.25, 0.3) is 11.8 Å². The molecule has 0 radical (unpaired) electrons. The maximum absolute atomic E-state index is 17.2. The molecule has 0 spiro atoms. The first-order valence-electron chi connectivity index (χ1n) is 24.1. The maximum atomic E-state index is 17.2. The second-order valence-corrected chi connectivity index (χ2v) is 19.2. The van der Waals surface area contributed by atoms with Crippen molar-refractivity contribution in [3.8, 4) is 35.4 Å². The Balaban J connectivity index is 0.741. The summed E-state index contributed by atoms with van der Waals surface area (Å²) in [6.45, 7) is 3.03. The molecule has 2 aromatic heterocycles. The first-order chi connectivity index (χ1) is 34.4. The molecule has 11 rings (SSSR count). The zero-order chi connectivity index (χ0) is 49.1. The molecule has 5 N–H and O–H groups in total. The molecule has 3 unspecified atom stereocenters. The highest BCUT2D eigenvalue weighted by Crippen LogP contribution is 2.44. The van der Waals surface area contributed by atoms with Crippen LogP contribution in [0.5, 0.6) is 11.8 Å². The number of imide groups is 2. The molecule has 6 aliphatic rings. The van der Waals surface area contributed by atoms with Crippen molar-refractivity contribution in [3.05, 3.63) is 77.0 Å². The third-order valence-electron chi connectivity index (χ3n) is 14.9. The Morgan fingerprint density at radius 1 is 0.986 bits per heavy atom. The highest BCUT2D eigenvalue weighted by Gasteiger charge is 2.50. The first kappa shape index (κ1) is 45.9. The quantitative estimate of drug-likeness (QED) is 0.0611. The number of aromatic hydroxyl groups is 1. The smallest absolute Gasteiger partial charge is 0.407 e. The lowest BCUT2D eigenvalue weighted by atomic mass is 9.95. The highest BCUT2D eigenvalue weighted by molar-refractivity contribution is 6.25. The number of amides is 5. The number of carbonyl (C=O) groups is 5. The van der Waals surface area contributed by atoms with Crippen LogP contribution in [-0.2, 0) is 14.3 Å². The minimum absolute atomic E-state index is 0.00807. The number of phenols is 1. The zero-order valence-electron chi connectivity index (χ0n) is 38.6. The number of carbonyl (C=O) groups excluding carboxylic acids is 5. The summed E-state index contributed by atoms with van der Waals surface area (Å²) in [5.41, 5.74) is 0.192. The van der Waals surface area contributed by atoms with Crippen molar-refractivity contribution in [2.75, 3.05) is 56.2 Å². The average Bonchev–Trinajstić information content (AvgIpc) is 4.10. The zero-order valence-corrected chi connectivity index (χ0v) is 38.6. The summed E-state index contributed by atoms with van der Waals surface area (Å²) in [4.78, 5) is 83.2. The lowest BCUT2D eigenvalue weighted by Gasteiger charge is -2.35. The van der Waals surface area contributed by atoms with E-state index in [1.807, 2.05) is 0 Å². The first-order valence-corrected chi connectivity index (χ1v) is 24.1. The predicted octanol–water partition coefficient (Wildman–Crippen LogP) is 4.76. The average molecular weight is 969 g/mol. The van der Waals surface area contributed by atoms with E-state index in [4.69, 9.17) is 20.9 Å². The number of phenolic OH excluding ortho intramolecular Hbond substituents is 1. The Bertz CT molecular complexity index is 3100. The number of pyridine rings is 1. The van der Waals surface area contributed by atoms with Gasteiger partial charge in [0, 0.05) is 73.6 Å². The molecule has 5 amide bonds. The van der Waals surface area contributed by atoms with Gasteiger partial charge >= 0.3 is 12.1 Å². The van der Waals surface area contributed by atoms with Crippen molar-refractivity contribution in [2.24, 2.45) is 0 Å². The van der Waals surface area contributed by atoms with Gasteiger partial charge in [0.2, 0.25) is 11.8 Å². The van der Waals surface area contributed by atoms with Gasteiger partial charge in [0.05, 0.1) is 27.6 Å². The third-order valence-corrected chi connectivity index (χ3v) is 14.9. The van der Waals surface area contributed by atoms with Gasteiger partial charge < -0.3 is 35.4 Å². The van der Waals surface area contributed by atoms with E-state index >= 15 is 8.78 Å². The van der Waals surface area contributed by atoms with Crippen LogP contribution in [0.15, 0.2) is 48.7 Å². The molecule has 5 fully saturated rings. The van der Waals surface area contributed by atoms with Gasteiger partial charge in [-0.2, -0.15) is 9.97 Å². The number of nitrogens with zero attached hydrogens (tertiary/aromatic N) is 6. The summed E-state index contributed by atoms with van der Waals surface area (Å²) < 4.78 is 44.5. The Hall–Kier alpha value is -7.50. The fraction of sp³-hybridized carbons (Fsp3) is 0.412. The van der Waals surface area contributed by atoms with E-state index in [9.17, 15) is 29.1 Å². The van der Waals surface area contributed by atoms with E-state index in [2.05, 4.69) is 47.0 Å². The van der Waals surface area contributed by atoms with Crippen molar-refractivity contribution in [2.45, 2.75) is 87.5 Å². The number of benzene rings is 3. The third kappa shape index (κ3) is 8.25. The largest absolute Gasteiger partial charge is 0.508 e. The summed E-state index contributed by atoms with van der Waals surface area (Å²) >= 11 is 0. The summed E-state index contributed by atoms with van der Waals surface area (Å²) in [5.74, 6) is -1.08. The SMILES string of the molecule is C#Cc1c(F)ccc2cc(O)cc(-c3ncc4c(N5CC6CCC(C5)N6)nc(OC[C@@]56CCCN5[C@H](COC(=O)NCCCNc5cccc7c5C(=O)N(C5CCC(=O)NC5=O)C7=O)CC6)nc4c3F)c12. The minimum atomic E-state index is -1.07. The normalized spacial score (nSPS) is 23.8. The number of anilines is 2. The molecule has 5 aromatic rings. The molecule has 0 saturated carbocycles. The number of piperazine rings is 1. The molecular weight excluding hydrogens is 919 g/mol. The number of terminal acetylenes is 1. The lowest BCUT2D eigenvalue weighted by Crippen LogP contribution is -2.54. The molecule has 20 heteroatoms. The predicted molar refractivity (Wildman–Crippen MR) is 255 cm³/mol. The van der Waals surface area contributed by atoms with Crippen LogP contribution in [0.25, 0.3) is 32.9 Å². The number of hydrogen-bond donors (Lipinski definition) is 5. The second-order valence-electron chi connectivity index (χ2n) is 19.2. The van der Waals surface area contributed by atoms with Crippen LogP contribution in [0.1, 0.15) is 84.1 Å². The Labute approximate surface area is 405 Å². The van der Waals surface area contributed by atoms with Crippen LogP contribution < -0.4 is 30.9 Å². The number of halogens is 2. The second kappa shape index (κ2) is 18.4. The number of hydrogen-bond acceptors (Lipinski definition) is 15. The van der Waals surface area contributed by atoms with Crippen LogP contribution in [0.4, 0.5) is 25.1 Å². The Kier molecular flexibility index (Phi) is 11.9. The molecule has 71 heavy (non-hydrogen) atoms. The number of alkyl carbamates (subject to hydrolysis) is 1. The monoisotopic (exact) mass is 968 g/mol.